The zero-order valence-electron chi connectivity index (χ0n) is 15.2. The van der Waals surface area contributed by atoms with E-state index in [1.54, 1.807) is 17.0 Å². The van der Waals surface area contributed by atoms with Crippen LogP contribution in [0.1, 0.15) is 36.0 Å². The summed E-state index contributed by atoms with van der Waals surface area (Å²) in [4.78, 5) is 25.8. The highest BCUT2D eigenvalue weighted by molar-refractivity contribution is 5.99. The number of carbonyl (C=O) groups is 2. The average Bonchev–Trinajstić information content (AvgIpc) is 3.15. The Morgan fingerprint density at radius 3 is 2.96 bits per heavy atom. The fraction of sp³-hybridized carbons (Fsp3) is 0.421. The summed E-state index contributed by atoms with van der Waals surface area (Å²) < 4.78 is 29.4. The number of halogens is 2. The molecule has 0 radical (unpaired) electrons. The van der Waals surface area contributed by atoms with E-state index in [1.165, 1.54) is 18.3 Å². The van der Waals surface area contributed by atoms with Crippen LogP contribution in [0, 0.1) is 5.92 Å². The number of likely N-dealkylation sites (tertiary alicyclic amines) is 1. The molecule has 150 valence electrons. The Morgan fingerprint density at radius 2 is 2.21 bits per heavy atom. The van der Waals surface area contributed by atoms with E-state index < -0.39 is 6.61 Å². The smallest absolute Gasteiger partial charge is 0.387 e. The molecule has 0 aliphatic carbocycles. The molecule has 28 heavy (non-hydrogen) atoms. The van der Waals surface area contributed by atoms with E-state index in [0.717, 1.165) is 12.8 Å². The molecule has 0 bridgehead atoms. The van der Waals surface area contributed by atoms with Gasteiger partial charge in [-0.25, -0.2) is 0 Å². The van der Waals surface area contributed by atoms with Gasteiger partial charge in [0.05, 0.1) is 17.5 Å². The molecule has 1 aromatic heterocycles. The number of carbonyl (C=O) groups excluding carboxylic acids is 2. The van der Waals surface area contributed by atoms with E-state index in [1.807, 2.05) is 0 Å². The number of nitrogens with zero attached hydrogens (tertiary/aromatic N) is 2. The number of aromatic amines is 1. The third-order valence-corrected chi connectivity index (χ3v) is 4.82. The number of hydrogen-bond donors (Lipinski definition) is 2. The molecule has 1 saturated heterocycles. The molecule has 2 amide bonds. The molecule has 1 aromatic carbocycles. The molecule has 1 aliphatic rings. The van der Waals surface area contributed by atoms with Gasteiger partial charge in [-0.1, -0.05) is 12.1 Å². The van der Waals surface area contributed by atoms with Crippen LogP contribution in [0.4, 0.5) is 8.78 Å². The second-order valence-corrected chi connectivity index (χ2v) is 6.83. The number of benzene rings is 1. The number of nitrogens with two attached hydrogens (primary N) is 1. The first-order chi connectivity index (χ1) is 13.4. The zero-order valence-corrected chi connectivity index (χ0v) is 15.2. The highest BCUT2D eigenvalue weighted by Crippen LogP contribution is 2.28. The van der Waals surface area contributed by atoms with Crippen molar-refractivity contribution in [1.29, 1.82) is 0 Å². The summed E-state index contributed by atoms with van der Waals surface area (Å²) in [6, 6.07) is 6.11. The molecule has 1 atom stereocenters. The van der Waals surface area contributed by atoms with Gasteiger partial charge in [0, 0.05) is 25.1 Å². The monoisotopic (exact) mass is 392 g/mol. The zero-order chi connectivity index (χ0) is 20.1. The predicted molar refractivity (Wildman–Crippen MR) is 97.7 cm³/mol. The van der Waals surface area contributed by atoms with Gasteiger partial charge < -0.3 is 15.4 Å². The van der Waals surface area contributed by atoms with Crippen molar-refractivity contribution in [3.8, 4) is 17.0 Å². The molecule has 3 N–H and O–H groups in total. The highest BCUT2D eigenvalue weighted by Gasteiger charge is 2.27. The van der Waals surface area contributed by atoms with Gasteiger partial charge in [-0.15, -0.1) is 0 Å². The first kappa shape index (κ1) is 19.8. The summed E-state index contributed by atoms with van der Waals surface area (Å²) >= 11 is 0. The summed E-state index contributed by atoms with van der Waals surface area (Å²) in [5.41, 5.74) is 6.56. The van der Waals surface area contributed by atoms with Crippen molar-refractivity contribution in [2.24, 2.45) is 11.7 Å². The van der Waals surface area contributed by atoms with E-state index in [0.29, 0.717) is 42.8 Å². The minimum Gasteiger partial charge on any atom is -0.435 e. The summed E-state index contributed by atoms with van der Waals surface area (Å²) in [6.07, 6.45) is 4.19. The van der Waals surface area contributed by atoms with Gasteiger partial charge in [0.1, 0.15) is 5.75 Å². The number of piperidine rings is 1. The van der Waals surface area contributed by atoms with Gasteiger partial charge in [-0.3, -0.25) is 14.7 Å². The molecule has 9 heteroatoms. The molecule has 2 heterocycles. The number of hydrogen-bond acceptors (Lipinski definition) is 4. The van der Waals surface area contributed by atoms with Crippen molar-refractivity contribution >= 4 is 11.8 Å². The Balaban J connectivity index is 1.76. The molecule has 1 aliphatic heterocycles. The highest BCUT2D eigenvalue weighted by atomic mass is 19.3. The van der Waals surface area contributed by atoms with Crippen LogP contribution in [0.5, 0.6) is 5.75 Å². The van der Waals surface area contributed by atoms with Gasteiger partial charge in [-0.05, 0) is 37.3 Å². The third-order valence-electron chi connectivity index (χ3n) is 4.82. The first-order valence-corrected chi connectivity index (χ1v) is 9.10. The lowest BCUT2D eigenvalue weighted by molar-refractivity contribution is -0.118. The largest absolute Gasteiger partial charge is 0.435 e. The van der Waals surface area contributed by atoms with Crippen molar-refractivity contribution in [1.82, 2.24) is 15.1 Å². The molecule has 0 spiro atoms. The number of alkyl halides is 2. The third kappa shape index (κ3) is 4.85. The summed E-state index contributed by atoms with van der Waals surface area (Å²) in [7, 11) is 0. The van der Waals surface area contributed by atoms with E-state index in [9.17, 15) is 18.4 Å². The number of nitrogens with one attached hydrogen (secondary N) is 1. The van der Waals surface area contributed by atoms with Crippen LogP contribution in [0.25, 0.3) is 11.3 Å². The maximum atomic E-state index is 13.0. The lowest BCUT2D eigenvalue weighted by Gasteiger charge is -2.32. The number of ether oxygens (including phenoxy) is 1. The van der Waals surface area contributed by atoms with Gasteiger partial charge in [0.2, 0.25) is 5.91 Å². The van der Waals surface area contributed by atoms with E-state index >= 15 is 0 Å². The van der Waals surface area contributed by atoms with Crippen LogP contribution in [-0.4, -0.2) is 46.6 Å². The first-order valence-electron chi connectivity index (χ1n) is 9.10. The quantitative estimate of drug-likeness (QED) is 0.756. The average molecular weight is 392 g/mol. The Kier molecular flexibility index (Phi) is 6.23. The van der Waals surface area contributed by atoms with Gasteiger partial charge >= 0.3 is 6.61 Å². The maximum absolute atomic E-state index is 13.0. The topological polar surface area (TPSA) is 101 Å². The molecule has 2 aromatic rings. The summed E-state index contributed by atoms with van der Waals surface area (Å²) in [5.74, 6) is -0.299. The number of primary amides is 1. The Hall–Kier alpha value is -2.97. The van der Waals surface area contributed by atoms with Crippen LogP contribution in [0.15, 0.2) is 30.5 Å². The van der Waals surface area contributed by atoms with Crippen molar-refractivity contribution in [3.05, 3.63) is 36.0 Å². The van der Waals surface area contributed by atoms with Crippen molar-refractivity contribution < 1.29 is 23.1 Å². The van der Waals surface area contributed by atoms with Crippen molar-refractivity contribution in [2.45, 2.75) is 32.3 Å². The van der Waals surface area contributed by atoms with E-state index in [4.69, 9.17) is 5.73 Å². The number of H-pyrrole nitrogens is 1. The Bertz CT molecular complexity index is 840. The van der Waals surface area contributed by atoms with Gasteiger partial charge in [-0.2, -0.15) is 13.9 Å². The van der Waals surface area contributed by atoms with Gasteiger partial charge in [0.25, 0.3) is 5.91 Å². The molecule has 1 fully saturated rings. The lowest BCUT2D eigenvalue weighted by atomic mass is 9.92. The normalized spacial score (nSPS) is 17.0. The van der Waals surface area contributed by atoms with E-state index in [2.05, 4.69) is 14.9 Å². The SMILES string of the molecule is NC(=O)CCC1CCCN(C(=O)c2cn[nH]c2-c2cccc(OC(F)F)c2)C1. The van der Waals surface area contributed by atoms with Crippen LogP contribution in [0.2, 0.25) is 0 Å². The standard InChI is InChI=1S/C19H22F2N4O3/c20-19(21)28-14-5-1-4-13(9-14)17-15(10-23-24-17)18(27)25-8-2-3-12(11-25)6-7-16(22)26/h1,4-5,9-10,12,19H,2-3,6-8,11H2,(H2,22,26)(H,23,24). The van der Waals surface area contributed by atoms with Crippen LogP contribution in [-0.2, 0) is 4.79 Å². The Morgan fingerprint density at radius 1 is 1.39 bits per heavy atom. The number of amides is 2. The minimum absolute atomic E-state index is 0.00462. The predicted octanol–water partition coefficient (Wildman–Crippen LogP) is 2.80. The van der Waals surface area contributed by atoms with Crippen molar-refractivity contribution in [2.75, 3.05) is 13.1 Å². The number of aromatic nitrogens is 2. The van der Waals surface area contributed by atoms with Gasteiger partial charge in [0.15, 0.2) is 0 Å². The van der Waals surface area contributed by atoms with Crippen molar-refractivity contribution in [3.63, 3.8) is 0 Å². The van der Waals surface area contributed by atoms with E-state index in [-0.39, 0.29) is 23.5 Å². The van der Waals surface area contributed by atoms with Crippen LogP contribution < -0.4 is 10.5 Å². The molecule has 0 saturated carbocycles. The minimum atomic E-state index is -2.93. The molecule has 1 unspecified atom stereocenters. The van der Waals surface area contributed by atoms with Crippen LogP contribution >= 0.6 is 0 Å². The maximum Gasteiger partial charge on any atom is 0.387 e. The molecular formula is C19H22F2N4O3. The summed E-state index contributed by atoms with van der Waals surface area (Å²) in [6.45, 7) is -1.76. The fourth-order valence-corrected chi connectivity index (χ4v) is 3.50. The second kappa shape index (κ2) is 8.81. The lowest BCUT2D eigenvalue weighted by Crippen LogP contribution is -2.40. The number of rotatable bonds is 7. The Labute approximate surface area is 160 Å². The fourth-order valence-electron chi connectivity index (χ4n) is 3.50. The molecule has 3 rings (SSSR count). The molecular weight excluding hydrogens is 370 g/mol. The second-order valence-electron chi connectivity index (χ2n) is 6.83. The molecule has 7 nitrogen and oxygen atoms in total. The summed E-state index contributed by atoms with van der Waals surface area (Å²) in [5, 5.41) is 6.73. The van der Waals surface area contributed by atoms with Crippen LogP contribution in [0.3, 0.4) is 0 Å².